The molecule has 1 aromatic carbocycles. The van der Waals surface area contributed by atoms with Crippen molar-refractivity contribution in [1.82, 2.24) is 9.55 Å². The lowest BCUT2D eigenvalue weighted by atomic mass is 10.1. The smallest absolute Gasteiger partial charge is 0.203 e. The molecule has 1 aromatic heterocycles. The highest BCUT2D eigenvalue weighted by Gasteiger charge is 2.20. The minimum absolute atomic E-state index is 0.332. The van der Waals surface area contributed by atoms with Crippen molar-refractivity contribution in [3.8, 4) is 0 Å². The summed E-state index contributed by atoms with van der Waals surface area (Å²) in [6.45, 7) is 2.22. The van der Waals surface area contributed by atoms with Gasteiger partial charge in [0.15, 0.2) is 0 Å². The highest BCUT2D eigenvalue weighted by Crippen LogP contribution is 2.32. The van der Waals surface area contributed by atoms with Gasteiger partial charge in [-0.05, 0) is 24.8 Å². The van der Waals surface area contributed by atoms with Gasteiger partial charge >= 0.3 is 0 Å². The molecule has 20 heavy (non-hydrogen) atoms. The molecule has 3 heteroatoms. The Morgan fingerprint density at radius 2 is 2.00 bits per heavy atom. The molecule has 0 radical (unpaired) electrons. The van der Waals surface area contributed by atoms with Crippen LogP contribution in [0.5, 0.6) is 0 Å². The summed E-state index contributed by atoms with van der Waals surface area (Å²) in [7, 11) is 0. The van der Waals surface area contributed by atoms with Crippen LogP contribution in [-0.4, -0.2) is 9.55 Å². The van der Waals surface area contributed by atoms with Crippen molar-refractivity contribution in [2.24, 2.45) is 0 Å². The normalized spacial score (nSPS) is 17.2. The van der Waals surface area contributed by atoms with Crippen molar-refractivity contribution < 1.29 is 0 Å². The highest BCUT2D eigenvalue weighted by atomic mass is 15.2. The van der Waals surface area contributed by atoms with Crippen molar-refractivity contribution in [3.05, 3.63) is 48.3 Å². The van der Waals surface area contributed by atoms with Gasteiger partial charge in [-0.2, -0.15) is 0 Å². The van der Waals surface area contributed by atoms with Crippen LogP contribution < -0.4 is 5.32 Å². The summed E-state index contributed by atoms with van der Waals surface area (Å²) in [4.78, 5) is 4.53. The summed E-state index contributed by atoms with van der Waals surface area (Å²) in [5.74, 6) is 1.02. The summed E-state index contributed by atoms with van der Waals surface area (Å²) in [5.41, 5.74) is 1.33. The van der Waals surface area contributed by atoms with Gasteiger partial charge < -0.3 is 9.88 Å². The third-order valence-electron chi connectivity index (χ3n) is 4.30. The van der Waals surface area contributed by atoms with Crippen LogP contribution >= 0.6 is 0 Å². The second kappa shape index (κ2) is 6.12. The summed E-state index contributed by atoms with van der Waals surface area (Å²) in [6, 6.07) is 11.6. The predicted molar refractivity (Wildman–Crippen MR) is 82.8 cm³/mol. The Balaban J connectivity index is 1.78. The van der Waals surface area contributed by atoms with Crippen LogP contribution in [0.3, 0.4) is 0 Å². The van der Waals surface area contributed by atoms with Crippen LogP contribution in [0.2, 0.25) is 0 Å². The minimum Gasteiger partial charge on any atom is -0.349 e. The fourth-order valence-electron chi connectivity index (χ4n) is 3.16. The van der Waals surface area contributed by atoms with E-state index in [0.717, 1.165) is 12.4 Å². The van der Waals surface area contributed by atoms with E-state index in [-0.39, 0.29) is 0 Å². The molecule has 1 aliphatic carbocycles. The van der Waals surface area contributed by atoms with Crippen LogP contribution in [0.4, 0.5) is 5.95 Å². The minimum atomic E-state index is 0.332. The SMILES string of the molecule is CCC(Nc1nccn1C1CCCC1)c1ccccc1. The topological polar surface area (TPSA) is 29.9 Å². The molecule has 1 fully saturated rings. The zero-order valence-corrected chi connectivity index (χ0v) is 12.1. The van der Waals surface area contributed by atoms with Crippen LogP contribution in [0, 0.1) is 0 Å². The average Bonchev–Trinajstić information content (AvgIpc) is 3.16. The van der Waals surface area contributed by atoms with Crippen molar-refractivity contribution in [2.75, 3.05) is 5.32 Å². The maximum Gasteiger partial charge on any atom is 0.203 e. The molecule has 0 amide bonds. The molecule has 1 aliphatic rings. The molecule has 0 spiro atoms. The maximum absolute atomic E-state index is 4.53. The third kappa shape index (κ3) is 2.72. The first-order valence-corrected chi connectivity index (χ1v) is 7.73. The Morgan fingerprint density at radius 3 is 2.70 bits per heavy atom. The summed E-state index contributed by atoms with van der Waals surface area (Å²) in [6.07, 6.45) is 10.4. The molecule has 0 saturated heterocycles. The Bertz CT molecular complexity index is 526. The van der Waals surface area contributed by atoms with Crippen LogP contribution in [-0.2, 0) is 0 Å². The largest absolute Gasteiger partial charge is 0.349 e. The molecule has 1 N–H and O–H groups in total. The van der Waals surface area contributed by atoms with Gasteiger partial charge in [0.25, 0.3) is 0 Å². The molecule has 3 rings (SSSR count). The first-order chi connectivity index (χ1) is 9.88. The van der Waals surface area contributed by atoms with Crippen molar-refractivity contribution in [2.45, 2.75) is 51.1 Å². The summed E-state index contributed by atoms with van der Waals surface area (Å²) < 4.78 is 2.33. The second-order valence-corrected chi connectivity index (χ2v) is 5.61. The Kier molecular flexibility index (Phi) is 4.05. The van der Waals surface area contributed by atoms with Gasteiger partial charge in [0.1, 0.15) is 0 Å². The lowest BCUT2D eigenvalue weighted by molar-refractivity contribution is 0.519. The summed E-state index contributed by atoms with van der Waals surface area (Å²) in [5, 5.41) is 3.62. The molecule has 1 saturated carbocycles. The first-order valence-electron chi connectivity index (χ1n) is 7.73. The number of benzene rings is 1. The number of imidazole rings is 1. The lowest BCUT2D eigenvalue weighted by Crippen LogP contribution is -2.15. The average molecular weight is 269 g/mol. The molecule has 2 aromatic rings. The number of aromatic nitrogens is 2. The van der Waals surface area contributed by atoms with E-state index in [2.05, 4.69) is 58.3 Å². The van der Waals surface area contributed by atoms with Crippen molar-refractivity contribution in [3.63, 3.8) is 0 Å². The standard InChI is InChI=1S/C17H23N3/c1-2-16(14-8-4-3-5-9-14)19-17-18-12-13-20(17)15-10-6-7-11-15/h3-5,8-9,12-13,15-16H,2,6-7,10-11H2,1H3,(H,18,19). The Labute approximate surface area is 121 Å². The number of nitrogens with one attached hydrogen (secondary N) is 1. The zero-order valence-electron chi connectivity index (χ0n) is 12.1. The maximum atomic E-state index is 4.53. The van der Waals surface area contributed by atoms with Gasteiger partial charge in [-0.25, -0.2) is 4.98 Å². The highest BCUT2D eigenvalue weighted by molar-refractivity contribution is 5.33. The number of hydrogen-bond donors (Lipinski definition) is 1. The monoisotopic (exact) mass is 269 g/mol. The Morgan fingerprint density at radius 1 is 1.25 bits per heavy atom. The van der Waals surface area contributed by atoms with E-state index in [1.54, 1.807) is 0 Å². The number of nitrogens with zero attached hydrogens (tertiary/aromatic N) is 2. The van der Waals surface area contributed by atoms with E-state index in [1.807, 2.05) is 6.20 Å². The van der Waals surface area contributed by atoms with E-state index in [1.165, 1.54) is 31.2 Å². The predicted octanol–water partition coefficient (Wildman–Crippen LogP) is 4.56. The molecule has 1 unspecified atom stereocenters. The van der Waals surface area contributed by atoms with Crippen LogP contribution in [0.25, 0.3) is 0 Å². The zero-order chi connectivity index (χ0) is 13.8. The second-order valence-electron chi connectivity index (χ2n) is 5.61. The van der Waals surface area contributed by atoms with E-state index in [0.29, 0.717) is 12.1 Å². The molecular weight excluding hydrogens is 246 g/mol. The quantitative estimate of drug-likeness (QED) is 0.862. The van der Waals surface area contributed by atoms with Gasteiger partial charge in [-0.15, -0.1) is 0 Å². The van der Waals surface area contributed by atoms with E-state index >= 15 is 0 Å². The van der Waals surface area contributed by atoms with E-state index < -0.39 is 0 Å². The molecular formula is C17H23N3. The van der Waals surface area contributed by atoms with Gasteiger partial charge in [0, 0.05) is 18.4 Å². The Hall–Kier alpha value is -1.77. The van der Waals surface area contributed by atoms with Gasteiger partial charge in [-0.3, -0.25) is 0 Å². The molecule has 1 atom stereocenters. The number of anilines is 1. The van der Waals surface area contributed by atoms with Crippen LogP contribution in [0.15, 0.2) is 42.7 Å². The molecule has 1 heterocycles. The molecule has 3 nitrogen and oxygen atoms in total. The van der Waals surface area contributed by atoms with E-state index in [4.69, 9.17) is 0 Å². The lowest BCUT2D eigenvalue weighted by Gasteiger charge is -2.21. The van der Waals surface area contributed by atoms with E-state index in [9.17, 15) is 0 Å². The fourth-order valence-corrected chi connectivity index (χ4v) is 3.16. The molecule has 0 aliphatic heterocycles. The molecule has 106 valence electrons. The van der Waals surface area contributed by atoms with Gasteiger partial charge in [-0.1, -0.05) is 50.1 Å². The molecule has 0 bridgehead atoms. The number of rotatable bonds is 5. The third-order valence-corrected chi connectivity index (χ3v) is 4.30. The first kappa shape index (κ1) is 13.2. The number of hydrogen-bond acceptors (Lipinski definition) is 2. The fraction of sp³-hybridized carbons (Fsp3) is 0.471. The summed E-state index contributed by atoms with van der Waals surface area (Å²) >= 11 is 0. The van der Waals surface area contributed by atoms with Gasteiger partial charge in [0.2, 0.25) is 5.95 Å². The van der Waals surface area contributed by atoms with Crippen molar-refractivity contribution >= 4 is 5.95 Å². The van der Waals surface area contributed by atoms with Crippen molar-refractivity contribution in [1.29, 1.82) is 0 Å². The van der Waals surface area contributed by atoms with Crippen LogP contribution in [0.1, 0.15) is 56.7 Å². The van der Waals surface area contributed by atoms with Gasteiger partial charge in [0.05, 0.1) is 6.04 Å².